The van der Waals surface area contributed by atoms with Crippen molar-refractivity contribution in [3.63, 3.8) is 0 Å². The van der Waals surface area contributed by atoms with Crippen LogP contribution in [0.15, 0.2) is 82.4 Å². The van der Waals surface area contributed by atoms with Crippen molar-refractivity contribution in [2.24, 2.45) is 5.10 Å². The maximum absolute atomic E-state index is 14.5. The van der Waals surface area contributed by atoms with Crippen molar-refractivity contribution in [3.8, 4) is 0 Å². The highest BCUT2D eigenvalue weighted by molar-refractivity contribution is 9.10. The molecule has 4 rings (SSSR count). The summed E-state index contributed by atoms with van der Waals surface area (Å²) < 4.78 is 15.4. The Morgan fingerprint density at radius 1 is 1.00 bits per heavy atom. The third kappa shape index (κ3) is 3.39. The molecule has 0 spiro atoms. The summed E-state index contributed by atoms with van der Waals surface area (Å²) in [5.74, 6) is -0.218. The molecule has 2 nitrogen and oxygen atoms in total. The van der Waals surface area contributed by atoms with Crippen molar-refractivity contribution >= 4 is 38.9 Å². The lowest BCUT2D eigenvalue weighted by atomic mass is 9.98. The Balaban J connectivity index is 1.78. The summed E-state index contributed by atoms with van der Waals surface area (Å²) in [5.41, 5.74) is 3.46. The molecule has 0 N–H and O–H groups in total. The number of hydrazone groups is 1. The van der Waals surface area contributed by atoms with Gasteiger partial charge in [-0.05, 0) is 42.0 Å². The molecule has 26 heavy (non-hydrogen) atoms. The lowest BCUT2D eigenvalue weighted by Gasteiger charge is -2.24. The number of nitrogens with zero attached hydrogens (tertiary/aromatic N) is 2. The van der Waals surface area contributed by atoms with Crippen LogP contribution in [0.1, 0.15) is 23.6 Å². The Labute approximate surface area is 165 Å². The molecule has 0 radical (unpaired) electrons. The van der Waals surface area contributed by atoms with Crippen molar-refractivity contribution < 1.29 is 4.39 Å². The first-order chi connectivity index (χ1) is 12.6. The first kappa shape index (κ1) is 17.3. The van der Waals surface area contributed by atoms with E-state index in [1.807, 2.05) is 65.7 Å². The normalized spacial score (nSPS) is 16.7. The summed E-state index contributed by atoms with van der Waals surface area (Å²) in [6.45, 7) is 0. The highest BCUT2D eigenvalue weighted by Crippen LogP contribution is 2.38. The Hall–Kier alpha value is -2.17. The zero-order valence-corrected chi connectivity index (χ0v) is 16.1. The second-order valence-electron chi connectivity index (χ2n) is 6.12. The van der Waals surface area contributed by atoms with E-state index in [9.17, 15) is 4.39 Å². The van der Waals surface area contributed by atoms with Crippen molar-refractivity contribution in [1.29, 1.82) is 0 Å². The van der Waals surface area contributed by atoms with Gasteiger partial charge in [-0.25, -0.2) is 4.39 Å². The third-order valence-corrected chi connectivity index (χ3v) is 5.17. The zero-order chi connectivity index (χ0) is 18.1. The number of benzene rings is 3. The van der Waals surface area contributed by atoms with Gasteiger partial charge in [0.1, 0.15) is 5.82 Å². The minimum absolute atomic E-state index is 0.198. The number of halogens is 3. The minimum atomic E-state index is -0.218. The van der Waals surface area contributed by atoms with Gasteiger partial charge in [0.2, 0.25) is 0 Å². The molecule has 0 fully saturated rings. The Kier molecular flexibility index (Phi) is 4.79. The van der Waals surface area contributed by atoms with Crippen LogP contribution in [0.4, 0.5) is 10.1 Å². The molecule has 1 atom stereocenters. The van der Waals surface area contributed by atoms with Crippen molar-refractivity contribution in [1.82, 2.24) is 0 Å². The quantitative estimate of drug-likeness (QED) is 0.458. The molecule has 5 heteroatoms. The zero-order valence-electron chi connectivity index (χ0n) is 13.7. The van der Waals surface area contributed by atoms with Gasteiger partial charge in [0.25, 0.3) is 0 Å². The molecule has 0 amide bonds. The molecule has 0 aromatic heterocycles. The molecule has 3 aromatic rings. The van der Waals surface area contributed by atoms with Crippen LogP contribution in [-0.2, 0) is 0 Å². The Morgan fingerprint density at radius 3 is 2.50 bits per heavy atom. The molecule has 0 bridgehead atoms. The summed E-state index contributed by atoms with van der Waals surface area (Å²) >= 11 is 9.50. The van der Waals surface area contributed by atoms with Crippen LogP contribution in [0.5, 0.6) is 0 Å². The van der Waals surface area contributed by atoms with Crippen molar-refractivity contribution in [2.45, 2.75) is 12.5 Å². The molecule has 1 heterocycles. The van der Waals surface area contributed by atoms with Crippen LogP contribution < -0.4 is 5.01 Å². The molecule has 130 valence electrons. The molecular weight excluding hydrogens is 415 g/mol. The van der Waals surface area contributed by atoms with Gasteiger partial charge in [-0.2, -0.15) is 5.10 Å². The van der Waals surface area contributed by atoms with Crippen LogP contribution >= 0.6 is 27.5 Å². The maximum Gasteiger partial charge on any atom is 0.128 e. The molecule has 0 saturated heterocycles. The molecule has 1 aliphatic rings. The summed E-state index contributed by atoms with van der Waals surface area (Å²) in [7, 11) is 0. The molecule has 3 aromatic carbocycles. The van der Waals surface area contributed by atoms with Crippen LogP contribution in [-0.4, -0.2) is 5.71 Å². The van der Waals surface area contributed by atoms with Crippen molar-refractivity contribution in [3.05, 3.63) is 99.2 Å². The predicted octanol–water partition coefficient (Wildman–Crippen LogP) is 6.60. The fraction of sp³-hybridized carbons (Fsp3) is 0.0952. The predicted molar refractivity (Wildman–Crippen MR) is 108 cm³/mol. The second-order valence-corrected chi connectivity index (χ2v) is 7.47. The van der Waals surface area contributed by atoms with Gasteiger partial charge in [-0.1, -0.05) is 63.9 Å². The van der Waals surface area contributed by atoms with Gasteiger partial charge in [0, 0.05) is 21.5 Å². The van der Waals surface area contributed by atoms with E-state index in [0.717, 1.165) is 21.4 Å². The molecule has 0 aliphatic carbocycles. The Bertz CT molecular complexity index is 972. The van der Waals surface area contributed by atoms with Crippen molar-refractivity contribution in [2.75, 3.05) is 5.01 Å². The Morgan fingerprint density at radius 2 is 1.77 bits per heavy atom. The molecular formula is C21H15BrClFN2. The largest absolute Gasteiger partial charge is 0.257 e. The second kappa shape index (κ2) is 7.22. The van der Waals surface area contributed by atoms with Crippen LogP contribution in [0, 0.1) is 5.82 Å². The SMILES string of the molecule is Fc1ccccc1[C@@H]1CC(c2ccc(Cl)cc2)=NN1c1cccc(Br)c1. The summed E-state index contributed by atoms with van der Waals surface area (Å²) in [6, 6.07) is 22.2. The summed E-state index contributed by atoms with van der Waals surface area (Å²) in [4.78, 5) is 0. The standard InChI is InChI=1S/C21H15BrClFN2/c22-15-4-3-5-17(12-15)26-21(18-6-1-2-7-19(18)24)13-20(25-26)14-8-10-16(23)11-9-14/h1-12,21H,13H2/t21-/m0/s1. The highest BCUT2D eigenvalue weighted by atomic mass is 79.9. The molecule has 0 saturated carbocycles. The first-order valence-electron chi connectivity index (χ1n) is 8.24. The maximum atomic E-state index is 14.5. The lowest BCUT2D eigenvalue weighted by molar-refractivity contribution is 0.579. The van der Waals surface area contributed by atoms with E-state index in [1.165, 1.54) is 6.07 Å². The van der Waals surface area contributed by atoms with E-state index in [4.69, 9.17) is 16.7 Å². The highest BCUT2D eigenvalue weighted by Gasteiger charge is 2.31. The number of rotatable bonds is 3. The van der Waals surface area contributed by atoms with E-state index in [-0.39, 0.29) is 11.9 Å². The van der Waals surface area contributed by atoms with Gasteiger partial charge in [-0.15, -0.1) is 0 Å². The smallest absolute Gasteiger partial charge is 0.128 e. The van der Waals surface area contributed by atoms with Gasteiger partial charge >= 0.3 is 0 Å². The number of hydrogen-bond acceptors (Lipinski definition) is 2. The van der Waals surface area contributed by atoms with E-state index in [2.05, 4.69) is 15.9 Å². The van der Waals surface area contributed by atoms with Gasteiger partial charge in [0.05, 0.1) is 17.4 Å². The number of hydrogen-bond donors (Lipinski definition) is 0. The topological polar surface area (TPSA) is 15.6 Å². The fourth-order valence-corrected chi connectivity index (χ4v) is 3.68. The van der Waals surface area contributed by atoms with E-state index in [1.54, 1.807) is 6.07 Å². The number of anilines is 1. The summed E-state index contributed by atoms with van der Waals surface area (Å²) in [5, 5.41) is 7.40. The van der Waals surface area contributed by atoms with Crippen LogP contribution in [0.25, 0.3) is 0 Å². The van der Waals surface area contributed by atoms with E-state index >= 15 is 0 Å². The van der Waals surface area contributed by atoms with Crippen LogP contribution in [0.2, 0.25) is 5.02 Å². The average molecular weight is 430 g/mol. The summed E-state index contributed by atoms with van der Waals surface area (Å²) in [6.07, 6.45) is 0.620. The third-order valence-electron chi connectivity index (χ3n) is 4.42. The lowest BCUT2D eigenvalue weighted by Crippen LogP contribution is -2.19. The van der Waals surface area contributed by atoms with Crippen LogP contribution in [0.3, 0.4) is 0 Å². The van der Waals surface area contributed by atoms with E-state index < -0.39 is 0 Å². The van der Waals surface area contributed by atoms with E-state index in [0.29, 0.717) is 17.0 Å². The fourth-order valence-electron chi connectivity index (χ4n) is 3.17. The van der Waals surface area contributed by atoms with Gasteiger partial charge in [0.15, 0.2) is 0 Å². The molecule has 0 unspecified atom stereocenters. The molecule has 1 aliphatic heterocycles. The average Bonchev–Trinajstić information content (AvgIpc) is 3.08. The van der Waals surface area contributed by atoms with Gasteiger partial charge < -0.3 is 0 Å². The first-order valence-corrected chi connectivity index (χ1v) is 9.41. The minimum Gasteiger partial charge on any atom is -0.257 e. The monoisotopic (exact) mass is 428 g/mol. The van der Waals surface area contributed by atoms with Gasteiger partial charge in [-0.3, -0.25) is 5.01 Å².